The van der Waals surface area contributed by atoms with Crippen molar-refractivity contribution in [2.45, 2.75) is 38.5 Å². The Morgan fingerprint density at radius 2 is 1.82 bits per heavy atom. The first-order valence-electron chi connectivity index (χ1n) is 11.5. The smallest absolute Gasteiger partial charge is 0.253 e. The van der Waals surface area contributed by atoms with Crippen molar-refractivity contribution in [3.8, 4) is 6.07 Å². The fraction of sp³-hybridized carbons (Fsp3) is 0.286. The zero-order valence-corrected chi connectivity index (χ0v) is 20.1. The van der Waals surface area contributed by atoms with Crippen molar-refractivity contribution in [1.82, 2.24) is 9.88 Å². The fourth-order valence-corrected chi connectivity index (χ4v) is 4.81. The largest absolute Gasteiger partial charge is 0.398 e. The van der Waals surface area contributed by atoms with Crippen molar-refractivity contribution in [1.29, 1.82) is 5.26 Å². The summed E-state index contributed by atoms with van der Waals surface area (Å²) in [7, 11) is 0. The minimum Gasteiger partial charge on any atom is -0.398 e. The van der Waals surface area contributed by atoms with Gasteiger partial charge in [0.15, 0.2) is 0 Å². The molecule has 1 amide bonds. The summed E-state index contributed by atoms with van der Waals surface area (Å²) in [5.74, 6) is 0.490. The standard InChI is InChI=1S/C28H28N4OS/c1-19-2-5-23(14-24(19)15-26(34)16-25-18-31-11-8-27(25)30)28(33)32-12-9-22(10-13-32)21-6-3-20(17-29)4-7-21/h2-8,11,14,18,22H,9-10,12-13,15-16H2,1H3,(H2,30,31). The summed E-state index contributed by atoms with van der Waals surface area (Å²) < 4.78 is 0. The monoisotopic (exact) mass is 468 g/mol. The predicted molar refractivity (Wildman–Crippen MR) is 139 cm³/mol. The third-order valence-electron chi connectivity index (χ3n) is 6.61. The maximum absolute atomic E-state index is 13.2. The number of anilines is 1. The Morgan fingerprint density at radius 3 is 2.50 bits per heavy atom. The molecule has 0 aliphatic carbocycles. The van der Waals surface area contributed by atoms with Crippen LogP contribution in [0.2, 0.25) is 0 Å². The molecular formula is C28H28N4OS. The van der Waals surface area contributed by atoms with E-state index in [2.05, 4.69) is 11.1 Å². The molecule has 0 atom stereocenters. The number of piperidine rings is 1. The molecule has 1 fully saturated rings. The van der Waals surface area contributed by atoms with Gasteiger partial charge in [-0.3, -0.25) is 9.78 Å². The van der Waals surface area contributed by atoms with Gasteiger partial charge >= 0.3 is 0 Å². The highest BCUT2D eigenvalue weighted by molar-refractivity contribution is 7.80. The molecule has 6 heteroatoms. The van der Waals surface area contributed by atoms with Crippen molar-refractivity contribution < 1.29 is 4.79 Å². The Hall–Kier alpha value is -3.56. The molecule has 0 radical (unpaired) electrons. The molecule has 2 N–H and O–H groups in total. The number of benzene rings is 2. The van der Waals surface area contributed by atoms with Crippen LogP contribution in [0.5, 0.6) is 0 Å². The van der Waals surface area contributed by atoms with E-state index in [1.54, 1.807) is 18.5 Å². The van der Waals surface area contributed by atoms with Gasteiger partial charge in [-0.15, -0.1) is 0 Å². The van der Waals surface area contributed by atoms with Gasteiger partial charge in [0.1, 0.15) is 0 Å². The van der Waals surface area contributed by atoms with E-state index in [0.29, 0.717) is 35.6 Å². The fourth-order valence-electron chi connectivity index (χ4n) is 4.50. The average Bonchev–Trinajstić information content (AvgIpc) is 2.86. The molecule has 3 aromatic rings. The lowest BCUT2D eigenvalue weighted by Crippen LogP contribution is -2.38. The van der Waals surface area contributed by atoms with Gasteiger partial charge in [-0.05, 0) is 78.3 Å². The number of nitrogen functional groups attached to an aromatic ring is 1. The minimum atomic E-state index is 0.0713. The number of hydrogen-bond acceptors (Lipinski definition) is 5. The summed E-state index contributed by atoms with van der Waals surface area (Å²) in [6.07, 6.45) is 6.50. The van der Waals surface area contributed by atoms with Gasteiger partial charge < -0.3 is 10.6 Å². The second-order valence-electron chi connectivity index (χ2n) is 8.91. The van der Waals surface area contributed by atoms with Gasteiger partial charge in [-0.25, -0.2) is 0 Å². The second kappa shape index (κ2) is 10.6. The quantitative estimate of drug-likeness (QED) is 0.514. The molecule has 2 heterocycles. The highest BCUT2D eigenvalue weighted by Gasteiger charge is 2.25. The molecule has 0 unspecified atom stereocenters. The van der Waals surface area contributed by atoms with Gasteiger partial charge in [-0.1, -0.05) is 30.4 Å². The second-order valence-corrected chi connectivity index (χ2v) is 9.49. The highest BCUT2D eigenvalue weighted by Crippen LogP contribution is 2.29. The number of nitrogens with two attached hydrogens (primary N) is 1. The summed E-state index contributed by atoms with van der Waals surface area (Å²) in [6.45, 7) is 3.50. The molecule has 0 saturated carbocycles. The third-order valence-corrected chi connectivity index (χ3v) is 6.89. The molecule has 34 heavy (non-hydrogen) atoms. The van der Waals surface area contributed by atoms with Gasteiger partial charge in [0.2, 0.25) is 0 Å². The van der Waals surface area contributed by atoms with Crippen LogP contribution in [0.25, 0.3) is 0 Å². The number of nitrogens with zero attached hydrogens (tertiary/aromatic N) is 3. The van der Waals surface area contributed by atoms with Crippen molar-refractivity contribution >= 4 is 28.7 Å². The number of pyridine rings is 1. The number of nitriles is 1. The van der Waals surface area contributed by atoms with Crippen LogP contribution < -0.4 is 5.73 Å². The number of aromatic nitrogens is 1. The normalized spacial score (nSPS) is 13.9. The van der Waals surface area contributed by atoms with Gasteiger partial charge in [0.25, 0.3) is 5.91 Å². The summed E-state index contributed by atoms with van der Waals surface area (Å²) in [5.41, 5.74) is 12.5. The summed E-state index contributed by atoms with van der Waals surface area (Å²) in [5, 5.41) is 9.00. The van der Waals surface area contributed by atoms with Crippen LogP contribution in [-0.4, -0.2) is 33.7 Å². The van der Waals surface area contributed by atoms with Crippen LogP contribution in [0, 0.1) is 18.3 Å². The van der Waals surface area contributed by atoms with Crippen molar-refractivity contribution in [2.24, 2.45) is 0 Å². The molecule has 0 spiro atoms. The van der Waals surface area contributed by atoms with Crippen LogP contribution in [0.4, 0.5) is 5.69 Å². The predicted octanol–water partition coefficient (Wildman–Crippen LogP) is 5.02. The Labute approximate surface area is 206 Å². The zero-order valence-electron chi connectivity index (χ0n) is 19.3. The summed E-state index contributed by atoms with van der Waals surface area (Å²) >= 11 is 5.65. The Kier molecular flexibility index (Phi) is 7.34. The molecule has 1 aliphatic rings. The lowest BCUT2D eigenvalue weighted by atomic mass is 9.88. The topological polar surface area (TPSA) is 83.0 Å². The van der Waals surface area contributed by atoms with Crippen molar-refractivity contribution in [3.63, 3.8) is 0 Å². The highest BCUT2D eigenvalue weighted by atomic mass is 32.1. The van der Waals surface area contributed by atoms with Gasteiger partial charge in [0, 0.05) is 54.4 Å². The lowest BCUT2D eigenvalue weighted by Gasteiger charge is -2.32. The Morgan fingerprint density at radius 1 is 1.12 bits per heavy atom. The maximum atomic E-state index is 13.2. The van der Waals surface area contributed by atoms with E-state index in [9.17, 15) is 4.79 Å². The first-order valence-corrected chi connectivity index (χ1v) is 11.9. The average molecular weight is 469 g/mol. The zero-order chi connectivity index (χ0) is 24.1. The van der Waals surface area contributed by atoms with E-state index in [0.717, 1.165) is 47.5 Å². The summed E-state index contributed by atoms with van der Waals surface area (Å²) in [6, 6.07) is 17.7. The Bertz CT molecular complexity index is 1240. The molecular weight excluding hydrogens is 440 g/mol. The van der Waals surface area contributed by atoms with E-state index in [4.69, 9.17) is 23.2 Å². The van der Waals surface area contributed by atoms with Crippen LogP contribution in [0.1, 0.15) is 56.9 Å². The number of aryl methyl sites for hydroxylation is 1. The molecule has 172 valence electrons. The number of thiocarbonyl (C=S) groups is 1. The first kappa shape index (κ1) is 23.6. The molecule has 5 nitrogen and oxygen atoms in total. The number of likely N-dealkylation sites (tertiary alicyclic amines) is 1. The van der Waals surface area contributed by atoms with E-state index in [1.165, 1.54) is 5.56 Å². The number of hydrogen-bond donors (Lipinski definition) is 1. The maximum Gasteiger partial charge on any atom is 0.253 e. The third kappa shape index (κ3) is 5.49. The summed E-state index contributed by atoms with van der Waals surface area (Å²) in [4.78, 5) is 20.2. The van der Waals surface area contributed by atoms with Crippen molar-refractivity contribution in [3.05, 3.63) is 94.3 Å². The van der Waals surface area contributed by atoms with Gasteiger partial charge in [0.05, 0.1) is 11.6 Å². The van der Waals surface area contributed by atoms with Crippen molar-refractivity contribution in [2.75, 3.05) is 18.8 Å². The van der Waals surface area contributed by atoms with Crippen LogP contribution in [-0.2, 0) is 12.8 Å². The van der Waals surface area contributed by atoms with E-state index < -0.39 is 0 Å². The first-order chi connectivity index (χ1) is 16.4. The molecule has 2 aromatic carbocycles. The minimum absolute atomic E-state index is 0.0713. The SMILES string of the molecule is Cc1ccc(C(=O)N2CCC(c3ccc(C#N)cc3)CC2)cc1CC(=S)Cc1cnccc1N. The molecule has 4 rings (SSSR count). The number of amides is 1. The van der Waals surface area contributed by atoms with Crippen LogP contribution in [0.15, 0.2) is 60.9 Å². The van der Waals surface area contributed by atoms with Gasteiger partial charge in [-0.2, -0.15) is 5.26 Å². The number of rotatable bonds is 6. The van der Waals surface area contributed by atoms with Crippen LogP contribution in [0.3, 0.4) is 0 Å². The van der Waals surface area contributed by atoms with E-state index >= 15 is 0 Å². The van der Waals surface area contributed by atoms with Crippen LogP contribution >= 0.6 is 12.2 Å². The van der Waals surface area contributed by atoms with E-state index in [1.807, 2.05) is 54.3 Å². The molecule has 1 aliphatic heterocycles. The molecule has 0 bridgehead atoms. The Balaban J connectivity index is 1.39. The van der Waals surface area contributed by atoms with E-state index in [-0.39, 0.29) is 5.91 Å². The molecule has 1 saturated heterocycles. The number of carbonyl (C=O) groups excluding carboxylic acids is 1. The lowest BCUT2D eigenvalue weighted by molar-refractivity contribution is 0.0713. The molecule has 1 aromatic heterocycles. The number of carbonyl (C=O) groups is 1.